The first kappa shape index (κ1) is 17.8. The van der Waals surface area contributed by atoms with Crippen LogP contribution in [0.15, 0.2) is 16.6 Å². The Bertz CT molecular complexity index is 493. The topological polar surface area (TPSA) is 70.8 Å². The summed E-state index contributed by atoms with van der Waals surface area (Å²) in [6.07, 6.45) is 0.997. The average Bonchev–Trinajstić information content (AvgIpc) is 2.45. The van der Waals surface area contributed by atoms with E-state index in [-0.39, 0.29) is 17.9 Å². The standard InChI is InChI=1S/C15H22BrNO4/c1-9(6-14(18)21-4)5-12(17)15-11(16)7-10(19-2)8-13(15)20-3/h7-9,12H,5-6,17H2,1-4H3. The van der Waals surface area contributed by atoms with Crippen LogP contribution in [0.1, 0.15) is 31.4 Å². The minimum Gasteiger partial charge on any atom is -0.497 e. The molecular weight excluding hydrogens is 338 g/mol. The van der Waals surface area contributed by atoms with Crippen molar-refractivity contribution in [3.05, 3.63) is 22.2 Å². The van der Waals surface area contributed by atoms with Gasteiger partial charge in [0.25, 0.3) is 0 Å². The average molecular weight is 360 g/mol. The Hall–Kier alpha value is -1.27. The second-order valence-electron chi connectivity index (χ2n) is 4.95. The summed E-state index contributed by atoms with van der Waals surface area (Å²) in [6.45, 7) is 1.97. The number of esters is 1. The van der Waals surface area contributed by atoms with Crippen LogP contribution in [0.4, 0.5) is 0 Å². The highest BCUT2D eigenvalue weighted by atomic mass is 79.9. The molecule has 2 unspecified atom stereocenters. The molecule has 118 valence electrons. The molecule has 0 spiro atoms. The Morgan fingerprint density at radius 1 is 1.29 bits per heavy atom. The Balaban J connectivity index is 2.91. The number of ether oxygens (including phenoxy) is 3. The van der Waals surface area contributed by atoms with Crippen molar-refractivity contribution >= 4 is 21.9 Å². The van der Waals surface area contributed by atoms with Crippen molar-refractivity contribution < 1.29 is 19.0 Å². The molecule has 1 aromatic rings. The molecule has 0 aliphatic rings. The number of hydrogen-bond donors (Lipinski definition) is 1. The summed E-state index contributed by atoms with van der Waals surface area (Å²) < 4.78 is 16.1. The molecule has 0 saturated carbocycles. The summed E-state index contributed by atoms with van der Waals surface area (Å²) in [4.78, 5) is 11.3. The van der Waals surface area contributed by atoms with E-state index in [2.05, 4.69) is 20.7 Å². The van der Waals surface area contributed by atoms with Crippen molar-refractivity contribution in [3.8, 4) is 11.5 Å². The second-order valence-corrected chi connectivity index (χ2v) is 5.81. The Kier molecular flexibility index (Phi) is 6.98. The van der Waals surface area contributed by atoms with Crippen LogP contribution in [-0.2, 0) is 9.53 Å². The van der Waals surface area contributed by atoms with Crippen LogP contribution in [0.3, 0.4) is 0 Å². The fourth-order valence-electron chi connectivity index (χ4n) is 2.22. The van der Waals surface area contributed by atoms with Gasteiger partial charge in [-0.25, -0.2) is 0 Å². The molecule has 2 atom stereocenters. The van der Waals surface area contributed by atoms with Crippen molar-refractivity contribution in [2.75, 3.05) is 21.3 Å². The summed E-state index contributed by atoms with van der Waals surface area (Å²) >= 11 is 3.50. The maximum absolute atomic E-state index is 11.3. The lowest BCUT2D eigenvalue weighted by Gasteiger charge is -2.21. The molecule has 6 heteroatoms. The van der Waals surface area contributed by atoms with Gasteiger partial charge in [-0.05, 0) is 18.4 Å². The van der Waals surface area contributed by atoms with Crippen LogP contribution < -0.4 is 15.2 Å². The highest BCUT2D eigenvalue weighted by Crippen LogP contribution is 2.38. The summed E-state index contributed by atoms with van der Waals surface area (Å²) in [5, 5.41) is 0. The molecule has 1 aromatic carbocycles. The van der Waals surface area contributed by atoms with E-state index in [4.69, 9.17) is 15.2 Å². The van der Waals surface area contributed by atoms with Gasteiger partial charge in [-0.15, -0.1) is 0 Å². The first-order chi connectivity index (χ1) is 9.92. The second kappa shape index (κ2) is 8.24. The van der Waals surface area contributed by atoms with Crippen LogP contribution in [0.2, 0.25) is 0 Å². The molecule has 0 aromatic heterocycles. The lowest BCUT2D eigenvalue weighted by Crippen LogP contribution is -2.18. The Morgan fingerprint density at radius 3 is 2.48 bits per heavy atom. The molecular formula is C15H22BrNO4. The van der Waals surface area contributed by atoms with E-state index in [0.717, 1.165) is 10.0 Å². The lowest BCUT2D eigenvalue weighted by atomic mass is 9.94. The first-order valence-electron chi connectivity index (χ1n) is 6.66. The van der Waals surface area contributed by atoms with Crippen LogP contribution in [0, 0.1) is 5.92 Å². The fraction of sp³-hybridized carbons (Fsp3) is 0.533. The summed E-state index contributed by atoms with van der Waals surface area (Å²) in [5.41, 5.74) is 7.15. The molecule has 0 amide bonds. The molecule has 5 nitrogen and oxygen atoms in total. The van der Waals surface area contributed by atoms with E-state index in [1.165, 1.54) is 7.11 Å². The van der Waals surface area contributed by atoms with E-state index in [1.807, 2.05) is 13.0 Å². The number of carbonyl (C=O) groups excluding carboxylic acids is 1. The predicted molar refractivity (Wildman–Crippen MR) is 84.6 cm³/mol. The normalized spacial score (nSPS) is 13.4. The zero-order chi connectivity index (χ0) is 16.0. The number of hydrogen-bond acceptors (Lipinski definition) is 5. The fourth-order valence-corrected chi connectivity index (χ4v) is 2.93. The number of rotatable bonds is 7. The van der Waals surface area contributed by atoms with Crippen LogP contribution in [0.5, 0.6) is 11.5 Å². The molecule has 1 rings (SSSR count). The maximum atomic E-state index is 11.3. The van der Waals surface area contributed by atoms with Gasteiger partial charge in [0.1, 0.15) is 11.5 Å². The van der Waals surface area contributed by atoms with Gasteiger partial charge in [0.15, 0.2) is 0 Å². The number of halogens is 1. The van der Waals surface area contributed by atoms with E-state index in [1.54, 1.807) is 20.3 Å². The van der Waals surface area contributed by atoms with Crippen LogP contribution in [0.25, 0.3) is 0 Å². The van der Waals surface area contributed by atoms with Gasteiger partial charge in [-0.2, -0.15) is 0 Å². The molecule has 0 heterocycles. The van der Waals surface area contributed by atoms with E-state index < -0.39 is 0 Å². The number of carbonyl (C=O) groups is 1. The smallest absolute Gasteiger partial charge is 0.305 e. The molecule has 0 aliphatic heterocycles. The van der Waals surface area contributed by atoms with Crippen molar-refractivity contribution in [1.29, 1.82) is 0 Å². The van der Waals surface area contributed by atoms with Crippen molar-refractivity contribution in [3.63, 3.8) is 0 Å². The van der Waals surface area contributed by atoms with Gasteiger partial charge in [0, 0.05) is 28.6 Å². The summed E-state index contributed by atoms with van der Waals surface area (Å²) in [6, 6.07) is 3.40. The van der Waals surface area contributed by atoms with Crippen molar-refractivity contribution in [1.82, 2.24) is 0 Å². The van der Waals surface area contributed by atoms with Crippen molar-refractivity contribution in [2.45, 2.75) is 25.8 Å². The SMILES string of the molecule is COC(=O)CC(C)CC(N)c1c(Br)cc(OC)cc1OC. The quantitative estimate of drug-likeness (QED) is 0.757. The van der Waals surface area contributed by atoms with Gasteiger partial charge in [-0.3, -0.25) is 4.79 Å². The third-order valence-corrected chi connectivity index (χ3v) is 3.95. The molecule has 0 fully saturated rings. The highest BCUT2D eigenvalue weighted by molar-refractivity contribution is 9.10. The minimum atomic E-state index is -0.250. The van der Waals surface area contributed by atoms with Crippen LogP contribution >= 0.6 is 15.9 Å². The van der Waals surface area contributed by atoms with E-state index >= 15 is 0 Å². The number of nitrogens with two attached hydrogens (primary N) is 1. The Labute approximate surface area is 133 Å². The minimum absolute atomic E-state index is 0.117. The first-order valence-corrected chi connectivity index (χ1v) is 7.46. The monoisotopic (exact) mass is 359 g/mol. The van der Waals surface area contributed by atoms with E-state index in [0.29, 0.717) is 24.3 Å². The lowest BCUT2D eigenvalue weighted by molar-refractivity contribution is -0.141. The number of benzene rings is 1. The zero-order valence-electron chi connectivity index (χ0n) is 12.8. The van der Waals surface area contributed by atoms with Gasteiger partial charge >= 0.3 is 5.97 Å². The van der Waals surface area contributed by atoms with Gasteiger partial charge in [0.2, 0.25) is 0 Å². The molecule has 0 saturated heterocycles. The van der Waals surface area contributed by atoms with Gasteiger partial charge in [0.05, 0.1) is 21.3 Å². The van der Waals surface area contributed by atoms with Gasteiger partial charge in [-0.1, -0.05) is 22.9 Å². The molecule has 0 radical (unpaired) electrons. The largest absolute Gasteiger partial charge is 0.497 e. The molecule has 0 aliphatic carbocycles. The molecule has 2 N–H and O–H groups in total. The maximum Gasteiger partial charge on any atom is 0.305 e. The molecule has 0 bridgehead atoms. The van der Waals surface area contributed by atoms with Crippen LogP contribution in [-0.4, -0.2) is 27.3 Å². The highest BCUT2D eigenvalue weighted by Gasteiger charge is 2.21. The zero-order valence-corrected chi connectivity index (χ0v) is 14.4. The van der Waals surface area contributed by atoms with E-state index in [9.17, 15) is 4.79 Å². The predicted octanol–water partition coefficient (Wildman–Crippen LogP) is 3.06. The molecule has 21 heavy (non-hydrogen) atoms. The third-order valence-electron chi connectivity index (χ3n) is 3.29. The number of methoxy groups -OCH3 is 3. The van der Waals surface area contributed by atoms with Crippen molar-refractivity contribution in [2.24, 2.45) is 11.7 Å². The Morgan fingerprint density at radius 2 is 1.95 bits per heavy atom. The summed E-state index contributed by atoms with van der Waals surface area (Å²) in [7, 11) is 4.58. The van der Waals surface area contributed by atoms with Gasteiger partial charge < -0.3 is 19.9 Å². The third kappa shape index (κ3) is 4.89. The summed E-state index contributed by atoms with van der Waals surface area (Å²) in [5.74, 6) is 1.25.